The number of carbonyl (C=O) groups excluding carboxylic acids is 1. The Labute approximate surface area is 144 Å². The topological polar surface area (TPSA) is 45.2 Å². The first-order valence-electron chi connectivity index (χ1n) is 8.21. The van der Waals surface area contributed by atoms with Crippen molar-refractivity contribution in [2.24, 2.45) is 0 Å². The lowest BCUT2D eigenvalue weighted by Gasteiger charge is -2.22. The zero-order valence-corrected chi connectivity index (χ0v) is 14.0. The standard InChI is InChI=1S/C19H17N3OS/c23-18-19(14-5-1-2-6-15(14)21-18)8-9-22(11-19)10-13-4-3-7-16-17(13)24-12-20-16/h1-7,12H,8-11H2,(H,21,23). The van der Waals surface area contributed by atoms with Crippen LogP contribution in [0.5, 0.6) is 0 Å². The Morgan fingerprint density at radius 2 is 2.12 bits per heavy atom. The van der Waals surface area contributed by atoms with E-state index in [0.717, 1.165) is 42.8 Å². The number of anilines is 1. The molecular weight excluding hydrogens is 318 g/mol. The zero-order chi connectivity index (χ0) is 16.1. The molecule has 120 valence electrons. The molecule has 24 heavy (non-hydrogen) atoms. The van der Waals surface area contributed by atoms with Gasteiger partial charge in [0.15, 0.2) is 0 Å². The second-order valence-corrected chi connectivity index (χ2v) is 7.51. The molecule has 2 aliphatic heterocycles. The molecule has 1 spiro atoms. The van der Waals surface area contributed by atoms with Crippen molar-refractivity contribution in [2.75, 3.05) is 18.4 Å². The van der Waals surface area contributed by atoms with Gasteiger partial charge in [0, 0.05) is 18.8 Å². The number of nitrogens with zero attached hydrogens (tertiary/aromatic N) is 2. The van der Waals surface area contributed by atoms with Crippen molar-refractivity contribution in [1.82, 2.24) is 9.88 Å². The molecule has 5 heteroatoms. The summed E-state index contributed by atoms with van der Waals surface area (Å²) in [6.07, 6.45) is 0.883. The third-order valence-corrected chi connectivity index (χ3v) is 6.22. The predicted molar refractivity (Wildman–Crippen MR) is 96.3 cm³/mol. The fraction of sp³-hybridized carbons (Fsp3) is 0.263. The lowest BCUT2D eigenvalue weighted by atomic mass is 9.81. The summed E-state index contributed by atoms with van der Waals surface area (Å²) in [5.41, 5.74) is 6.04. The lowest BCUT2D eigenvalue weighted by Crippen LogP contribution is -2.37. The molecule has 0 saturated carbocycles. The molecule has 1 fully saturated rings. The Morgan fingerprint density at radius 1 is 1.21 bits per heavy atom. The number of amides is 1. The number of hydrogen-bond donors (Lipinski definition) is 1. The third kappa shape index (κ3) is 1.95. The summed E-state index contributed by atoms with van der Waals surface area (Å²) in [5.74, 6) is 0.155. The molecule has 3 aromatic rings. The van der Waals surface area contributed by atoms with Crippen LogP contribution in [0.25, 0.3) is 10.2 Å². The molecule has 4 nitrogen and oxygen atoms in total. The highest BCUT2D eigenvalue weighted by Gasteiger charge is 2.50. The van der Waals surface area contributed by atoms with Gasteiger partial charge < -0.3 is 5.32 Å². The number of benzene rings is 2. The minimum Gasteiger partial charge on any atom is -0.325 e. The van der Waals surface area contributed by atoms with E-state index in [0.29, 0.717) is 0 Å². The van der Waals surface area contributed by atoms with Gasteiger partial charge >= 0.3 is 0 Å². The Balaban J connectivity index is 1.45. The number of para-hydroxylation sites is 1. The van der Waals surface area contributed by atoms with E-state index >= 15 is 0 Å². The maximum Gasteiger partial charge on any atom is 0.236 e. The van der Waals surface area contributed by atoms with Gasteiger partial charge in [0.05, 0.1) is 21.1 Å². The van der Waals surface area contributed by atoms with Crippen LogP contribution < -0.4 is 5.32 Å². The summed E-state index contributed by atoms with van der Waals surface area (Å²) in [6, 6.07) is 14.4. The predicted octanol–water partition coefficient (Wildman–Crippen LogP) is 3.39. The largest absolute Gasteiger partial charge is 0.325 e. The summed E-state index contributed by atoms with van der Waals surface area (Å²) in [6.45, 7) is 2.60. The van der Waals surface area contributed by atoms with Gasteiger partial charge in [-0.25, -0.2) is 4.98 Å². The molecule has 2 aromatic carbocycles. The second-order valence-electron chi connectivity index (χ2n) is 6.66. The van der Waals surface area contributed by atoms with E-state index in [4.69, 9.17) is 0 Å². The molecule has 5 rings (SSSR count). The van der Waals surface area contributed by atoms with E-state index < -0.39 is 0 Å². The van der Waals surface area contributed by atoms with Crippen molar-refractivity contribution in [2.45, 2.75) is 18.4 Å². The smallest absolute Gasteiger partial charge is 0.236 e. The molecule has 3 heterocycles. The number of carbonyl (C=O) groups is 1. The Morgan fingerprint density at radius 3 is 3.08 bits per heavy atom. The number of aromatic nitrogens is 1. The number of hydrogen-bond acceptors (Lipinski definition) is 4. The quantitative estimate of drug-likeness (QED) is 0.781. The van der Waals surface area contributed by atoms with Crippen molar-refractivity contribution in [1.29, 1.82) is 0 Å². The summed E-state index contributed by atoms with van der Waals surface area (Å²) in [4.78, 5) is 19.5. The van der Waals surface area contributed by atoms with Crippen molar-refractivity contribution in [3.63, 3.8) is 0 Å². The van der Waals surface area contributed by atoms with Crippen LogP contribution >= 0.6 is 11.3 Å². The minimum atomic E-state index is -0.377. The van der Waals surface area contributed by atoms with Gasteiger partial charge in [0.25, 0.3) is 0 Å². The third-order valence-electron chi connectivity index (χ3n) is 5.31. The molecule has 0 bridgehead atoms. The minimum absolute atomic E-state index is 0.155. The van der Waals surface area contributed by atoms with Crippen LogP contribution in [-0.4, -0.2) is 28.9 Å². The van der Waals surface area contributed by atoms with Crippen LogP contribution in [0, 0.1) is 0 Å². The molecule has 1 N–H and O–H groups in total. The van der Waals surface area contributed by atoms with E-state index in [1.165, 1.54) is 10.3 Å². The lowest BCUT2D eigenvalue weighted by molar-refractivity contribution is -0.120. The first kappa shape index (κ1) is 14.1. The van der Waals surface area contributed by atoms with Crippen molar-refractivity contribution in [3.05, 3.63) is 59.1 Å². The van der Waals surface area contributed by atoms with Crippen molar-refractivity contribution < 1.29 is 4.79 Å². The van der Waals surface area contributed by atoms with Gasteiger partial charge in [-0.2, -0.15) is 0 Å². The normalized spacial score (nSPS) is 23.1. The average Bonchev–Trinajstić information content (AvgIpc) is 3.29. The van der Waals surface area contributed by atoms with Crippen LogP contribution in [0.4, 0.5) is 5.69 Å². The molecule has 2 aliphatic rings. The number of fused-ring (bicyclic) bond motifs is 3. The van der Waals surface area contributed by atoms with Gasteiger partial charge in [-0.1, -0.05) is 30.3 Å². The Kier molecular flexibility index (Phi) is 3.02. The maximum absolute atomic E-state index is 12.7. The van der Waals surface area contributed by atoms with E-state index in [1.807, 2.05) is 23.7 Å². The summed E-state index contributed by atoms with van der Waals surface area (Å²) in [7, 11) is 0. The monoisotopic (exact) mass is 335 g/mol. The van der Waals surface area contributed by atoms with Gasteiger partial charge in [0.1, 0.15) is 0 Å². The van der Waals surface area contributed by atoms with Gasteiger partial charge in [-0.15, -0.1) is 11.3 Å². The first-order chi connectivity index (χ1) is 11.8. The molecule has 0 aliphatic carbocycles. The highest BCUT2D eigenvalue weighted by Crippen LogP contribution is 2.44. The fourth-order valence-corrected chi connectivity index (χ4v) is 4.91. The molecule has 1 amide bonds. The van der Waals surface area contributed by atoms with Crippen LogP contribution in [0.1, 0.15) is 17.5 Å². The maximum atomic E-state index is 12.7. The number of rotatable bonds is 2. The van der Waals surface area contributed by atoms with Gasteiger partial charge in [-0.05, 0) is 36.2 Å². The van der Waals surface area contributed by atoms with Crippen LogP contribution in [-0.2, 0) is 16.8 Å². The summed E-state index contributed by atoms with van der Waals surface area (Å²) >= 11 is 1.69. The highest BCUT2D eigenvalue weighted by atomic mass is 32.1. The molecule has 1 unspecified atom stereocenters. The van der Waals surface area contributed by atoms with Crippen LogP contribution in [0.2, 0.25) is 0 Å². The summed E-state index contributed by atoms with van der Waals surface area (Å²) < 4.78 is 1.26. The number of thiazole rings is 1. The Hall–Kier alpha value is -2.24. The Bertz CT molecular complexity index is 950. The highest BCUT2D eigenvalue weighted by molar-refractivity contribution is 7.16. The van der Waals surface area contributed by atoms with E-state index in [2.05, 4.69) is 39.5 Å². The molecule has 1 atom stereocenters. The van der Waals surface area contributed by atoms with Crippen molar-refractivity contribution >= 4 is 33.1 Å². The SMILES string of the molecule is O=C1Nc2ccccc2C12CCN(Cc1cccc3ncsc13)C2. The fourth-order valence-electron chi connectivity index (χ4n) is 4.11. The number of likely N-dealkylation sites (tertiary alicyclic amines) is 1. The first-order valence-corrected chi connectivity index (χ1v) is 9.09. The summed E-state index contributed by atoms with van der Waals surface area (Å²) in [5, 5.41) is 3.07. The number of nitrogens with one attached hydrogen (secondary N) is 1. The molecule has 1 aromatic heterocycles. The van der Waals surface area contributed by atoms with Gasteiger partial charge in [-0.3, -0.25) is 9.69 Å². The average molecular weight is 335 g/mol. The molecule has 0 radical (unpaired) electrons. The van der Waals surface area contributed by atoms with Crippen molar-refractivity contribution in [3.8, 4) is 0 Å². The molecular formula is C19H17N3OS. The van der Waals surface area contributed by atoms with E-state index in [9.17, 15) is 4.79 Å². The van der Waals surface area contributed by atoms with Gasteiger partial charge in [0.2, 0.25) is 5.91 Å². The molecule has 1 saturated heterocycles. The van der Waals surface area contributed by atoms with Crippen LogP contribution in [0.15, 0.2) is 48.0 Å². The van der Waals surface area contributed by atoms with E-state index in [-0.39, 0.29) is 11.3 Å². The van der Waals surface area contributed by atoms with E-state index in [1.54, 1.807) is 11.3 Å². The second kappa shape index (κ2) is 5.13. The zero-order valence-electron chi connectivity index (χ0n) is 13.2. The van der Waals surface area contributed by atoms with Crippen LogP contribution in [0.3, 0.4) is 0 Å².